The summed E-state index contributed by atoms with van der Waals surface area (Å²) in [6, 6.07) is 10.2. The van der Waals surface area contributed by atoms with Gasteiger partial charge in [0.15, 0.2) is 0 Å². The van der Waals surface area contributed by atoms with Crippen LogP contribution in [0.2, 0.25) is 0 Å². The van der Waals surface area contributed by atoms with Gasteiger partial charge in [0.05, 0.1) is 5.37 Å². The Bertz CT molecular complexity index is 614. The largest absolute Gasteiger partial charge is 0.455 e. The Kier molecular flexibility index (Phi) is 5.06. The molecule has 1 amide bonds. The number of hydrogen-bond donors (Lipinski definition) is 0. The molecule has 2 heterocycles. The van der Waals surface area contributed by atoms with Crippen molar-refractivity contribution in [3.63, 3.8) is 0 Å². The third kappa shape index (κ3) is 3.96. The van der Waals surface area contributed by atoms with E-state index in [0.717, 1.165) is 25.8 Å². The summed E-state index contributed by atoms with van der Waals surface area (Å²) in [5.74, 6) is 0.0123. The lowest BCUT2D eigenvalue weighted by atomic mass is 10.1. The van der Waals surface area contributed by atoms with Gasteiger partial charge in [-0.25, -0.2) is 4.79 Å². The first-order valence-corrected chi connectivity index (χ1v) is 8.92. The maximum Gasteiger partial charge on any atom is 0.334 e. The lowest BCUT2D eigenvalue weighted by Crippen LogP contribution is -2.32. The molecule has 0 radical (unpaired) electrons. The number of amides is 1. The van der Waals surface area contributed by atoms with Gasteiger partial charge in [-0.2, -0.15) is 0 Å². The smallest absolute Gasteiger partial charge is 0.334 e. The second kappa shape index (κ2) is 7.21. The van der Waals surface area contributed by atoms with E-state index in [1.807, 2.05) is 29.2 Å². The predicted molar refractivity (Wildman–Crippen MR) is 89.9 cm³/mol. The SMILES string of the molecule is CC1=C[C@@H](CCCN2C(=O)CCC2Sc2ccccc2)OC1=O. The zero-order valence-electron chi connectivity index (χ0n) is 13.2. The Morgan fingerprint density at radius 2 is 2.04 bits per heavy atom. The maximum atomic E-state index is 12.1. The minimum atomic E-state index is -0.218. The number of thioether (sulfide) groups is 1. The molecular weight excluding hydrogens is 310 g/mol. The van der Waals surface area contributed by atoms with Gasteiger partial charge in [0.2, 0.25) is 5.91 Å². The number of rotatable bonds is 6. The van der Waals surface area contributed by atoms with Crippen LogP contribution < -0.4 is 0 Å². The zero-order valence-corrected chi connectivity index (χ0v) is 14.1. The van der Waals surface area contributed by atoms with Crippen LogP contribution in [0.1, 0.15) is 32.6 Å². The van der Waals surface area contributed by atoms with Crippen molar-refractivity contribution in [1.29, 1.82) is 0 Å². The summed E-state index contributed by atoms with van der Waals surface area (Å²) in [6.07, 6.45) is 4.90. The molecule has 0 aliphatic carbocycles. The highest BCUT2D eigenvalue weighted by Crippen LogP contribution is 2.33. The van der Waals surface area contributed by atoms with Gasteiger partial charge in [-0.15, -0.1) is 11.8 Å². The third-order valence-corrected chi connectivity index (χ3v) is 5.50. The Hall–Kier alpha value is -1.75. The predicted octanol–water partition coefficient (Wildman–Crippen LogP) is 3.38. The Morgan fingerprint density at radius 3 is 2.74 bits per heavy atom. The number of nitrogens with zero attached hydrogens (tertiary/aromatic N) is 1. The molecule has 1 aromatic carbocycles. The van der Waals surface area contributed by atoms with Crippen LogP contribution >= 0.6 is 11.8 Å². The van der Waals surface area contributed by atoms with E-state index in [4.69, 9.17) is 4.74 Å². The normalized spacial score (nSPS) is 24.0. The lowest BCUT2D eigenvalue weighted by Gasteiger charge is -2.24. The molecule has 2 aliphatic rings. The Labute approximate surface area is 140 Å². The van der Waals surface area contributed by atoms with Gasteiger partial charge < -0.3 is 9.64 Å². The van der Waals surface area contributed by atoms with E-state index >= 15 is 0 Å². The highest BCUT2D eigenvalue weighted by Gasteiger charge is 2.31. The molecule has 1 saturated heterocycles. The van der Waals surface area contributed by atoms with Crippen LogP contribution in [0.4, 0.5) is 0 Å². The fourth-order valence-electron chi connectivity index (χ4n) is 2.97. The van der Waals surface area contributed by atoms with Crippen LogP contribution in [0, 0.1) is 0 Å². The number of cyclic esters (lactones) is 1. The van der Waals surface area contributed by atoms with Crippen molar-refractivity contribution in [2.24, 2.45) is 0 Å². The lowest BCUT2D eigenvalue weighted by molar-refractivity contribution is -0.140. The molecule has 0 spiro atoms. The molecule has 0 saturated carbocycles. The van der Waals surface area contributed by atoms with Crippen molar-refractivity contribution in [2.45, 2.75) is 49.0 Å². The van der Waals surface area contributed by atoms with Gasteiger partial charge in [-0.1, -0.05) is 18.2 Å². The molecule has 122 valence electrons. The van der Waals surface area contributed by atoms with E-state index in [-0.39, 0.29) is 23.4 Å². The quantitative estimate of drug-likeness (QED) is 0.750. The molecular formula is C18H21NO3S. The summed E-state index contributed by atoms with van der Waals surface area (Å²) >= 11 is 1.75. The van der Waals surface area contributed by atoms with E-state index in [1.165, 1.54) is 4.90 Å². The summed E-state index contributed by atoms with van der Waals surface area (Å²) < 4.78 is 5.25. The number of ether oxygens (including phenoxy) is 1. The third-order valence-electron chi connectivity index (χ3n) is 4.19. The van der Waals surface area contributed by atoms with E-state index in [9.17, 15) is 9.59 Å². The molecule has 0 bridgehead atoms. The topological polar surface area (TPSA) is 46.6 Å². The Morgan fingerprint density at radius 1 is 1.26 bits per heavy atom. The molecule has 23 heavy (non-hydrogen) atoms. The van der Waals surface area contributed by atoms with E-state index in [0.29, 0.717) is 12.0 Å². The van der Waals surface area contributed by atoms with Gasteiger partial charge >= 0.3 is 5.97 Å². The molecule has 5 heteroatoms. The molecule has 1 aromatic rings. The Balaban J connectivity index is 1.51. The molecule has 3 rings (SSSR count). The molecule has 1 fully saturated rings. The van der Waals surface area contributed by atoms with Crippen LogP contribution in [-0.2, 0) is 14.3 Å². The molecule has 2 aliphatic heterocycles. The molecule has 0 aromatic heterocycles. The minimum Gasteiger partial charge on any atom is -0.455 e. The molecule has 4 nitrogen and oxygen atoms in total. The van der Waals surface area contributed by atoms with Gasteiger partial charge in [-0.3, -0.25) is 4.79 Å². The average Bonchev–Trinajstić information content (AvgIpc) is 3.04. The van der Waals surface area contributed by atoms with Gasteiger partial charge in [0, 0.05) is 23.4 Å². The number of hydrogen-bond acceptors (Lipinski definition) is 4. The zero-order chi connectivity index (χ0) is 16.2. The summed E-state index contributed by atoms with van der Waals surface area (Å²) in [5, 5.41) is 0.216. The van der Waals surface area contributed by atoms with E-state index < -0.39 is 0 Å². The first kappa shape index (κ1) is 16.1. The van der Waals surface area contributed by atoms with Crippen LogP contribution in [0.5, 0.6) is 0 Å². The monoisotopic (exact) mass is 331 g/mol. The summed E-state index contributed by atoms with van der Waals surface area (Å²) in [5.41, 5.74) is 0.685. The average molecular weight is 331 g/mol. The maximum absolute atomic E-state index is 12.1. The van der Waals surface area contributed by atoms with Crippen molar-refractivity contribution in [3.05, 3.63) is 42.0 Å². The number of esters is 1. The number of carbonyl (C=O) groups excluding carboxylic acids is 2. The van der Waals surface area contributed by atoms with Crippen molar-refractivity contribution < 1.29 is 14.3 Å². The van der Waals surface area contributed by atoms with E-state index in [2.05, 4.69) is 12.1 Å². The van der Waals surface area contributed by atoms with Gasteiger partial charge in [0.1, 0.15) is 6.10 Å². The van der Waals surface area contributed by atoms with Crippen molar-refractivity contribution in [3.8, 4) is 0 Å². The first-order chi connectivity index (χ1) is 11.1. The second-order valence-electron chi connectivity index (χ2n) is 5.95. The number of benzene rings is 1. The van der Waals surface area contributed by atoms with Crippen molar-refractivity contribution >= 4 is 23.6 Å². The van der Waals surface area contributed by atoms with Crippen LogP contribution in [0.3, 0.4) is 0 Å². The van der Waals surface area contributed by atoms with Crippen molar-refractivity contribution in [2.75, 3.05) is 6.54 Å². The summed E-state index contributed by atoms with van der Waals surface area (Å²) in [6.45, 7) is 2.50. The minimum absolute atomic E-state index is 0.125. The summed E-state index contributed by atoms with van der Waals surface area (Å²) in [7, 11) is 0. The van der Waals surface area contributed by atoms with E-state index in [1.54, 1.807) is 18.7 Å². The summed E-state index contributed by atoms with van der Waals surface area (Å²) in [4.78, 5) is 26.6. The highest BCUT2D eigenvalue weighted by molar-refractivity contribution is 8.00. The highest BCUT2D eigenvalue weighted by atomic mass is 32.2. The number of likely N-dealkylation sites (tertiary alicyclic amines) is 1. The first-order valence-electron chi connectivity index (χ1n) is 8.04. The fraction of sp³-hybridized carbons (Fsp3) is 0.444. The van der Waals surface area contributed by atoms with Gasteiger partial charge in [0.25, 0.3) is 0 Å². The molecule has 2 atom stereocenters. The van der Waals surface area contributed by atoms with Crippen LogP contribution in [0.25, 0.3) is 0 Å². The number of carbonyl (C=O) groups is 2. The molecule has 1 unspecified atom stereocenters. The second-order valence-corrected chi connectivity index (χ2v) is 7.20. The van der Waals surface area contributed by atoms with Crippen molar-refractivity contribution in [1.82, 2.24) is 4.90 Å². The molecule has 0 N–H and O–H groups in total. The van der Waals surface area contributed by atoms with Gasteiger partial charge in [-0.05, 0) is 44.4 Å². The van der Waals surface area contributed by atoms with Crippen LogP contribution in [0.15, 0.2) is 46.9 Å². The fourth-order valence-corrected chi connectivity index (χ4v) is 4.19. The standard InChI is InChI=1S/C18H21NO3S/c1-13-12-14(22-18(13)21)6-5-11-19-16(20)9-10-17(19)23-15-7-3-2-4-8-15/h2-4,7-8,12,14,17H,5-6,9-11H2,1H3/t14-,17?/m1/s1. The van der Waals surface area contributed by atoms with Crippen LogP contribution in [-0.4, -0.2) is 34.8 Å².